The van der Waals surface area contributed by atoms with Crippen molar-refractivity contribution in [2.45, 2.75) is 39.7 Å². The molecule has 7 nitrogen and oxygen atoms in total. The number of benzene rings is 3. The van der Waals surface area contributed by atoms with Crippen LogP contribution in [0.15, 0.2) is 54.6 Å². The lowest BCUT2D eigenvalue weighted by Crippen LogP contribution is -2.41. The predicted octanol–water partition coefficient (Wildman–Crippen LogP) is 4.89. The molecule has 0 saturated carbocycles. The minimum absolute atomic E-state index is 0.149. The van der Waals surface area contributed by atoms with Gasteiger partial charge < -0.3 is 14.8 Å². The molecule has 3 aromatic carbocycles. The number of nitrogens with one attached hydrogen (secondary N) is 1. The van der Waals surface area contributed by atoms with Gasteiger partial charge in [0.1, 0.15) is 0 Å². The summed E-state index contributed by atoms with van der Waals surface area (Å²) in [5.41, 5.74) is 1.95. The van der Waals surface area contributed by atoms with E-state index in [4.69, 9.17) is 9.47 Å². The van der Waals surface area contributed by atoms with Crippen LogP contribution in [-0.4, -0.2) is 42.4 Å². The second-order valence-corrected chi connectivity index (χ2v) is 8.44. The van der Waals surface area contributed by atoms with Crippen LogP contribution in [0.2, 0.25) is 0 Å². The van der Waals surface area contributed by atoms with Gasteiger partial charge in [0.2, 0.25) is 5.91 Å². The minimum Gasteiger partial charge on any atom is -0.490 e. The Labute approximate surface area is 205 Å². The first-order valence-electron chi connectivity index (χ1n) is 12.0. The number of carbonyl (C=O) groups excluding carboxylic acids is 3. The molecule has 0 aliphatic carbocycles. The summed E-state index contributed by atoms with van der Waals surface area (Å²) in [5, 5.41) is 4.56. The van der Waals surface area contributed by atoms with E-state index in [2.05, 4.69) is 5.32 Å². The largest absolute Gasteiger partial charge is 0.490 e. The highest BCUT2D eigenvalue weighted by atomic mass is 16.5. The second-order valence-electron chi connectivity index (χ2n) is 8.44. The quantitative estimate of drug-likeness (QED) is 0.423. The molecular weight excluding hydrogens is 444 g/mol. The maximum atomic E-state index is 13.0. The van der Waals surface area contributed by atoms with E-state index in [-0.39, 0.29) is 36.7 Å². The highest BCUT2D eigenvalue weighted by molar-refractivity contribution is 6.25. The van der Waals surface area contributed by atoms with Gasteiger partial charge in [0, 0.05) is 29.5 Å². The van der Waals surface area contributed by atoms with Crippen LogP contribution >= 0.6 is 0 Å². The average Bonchev–Trinajstić information content (AvgIpc) is 2.85. The first-order chi connectivity index (χ1) is 16.9. The lowest BCUT2D eigenvalue weighted by Gasteiger charge is -2.27. The van der Waals surface area contributed by atoms with Gasteiger partial charge in [0.05, 0.1) is 19.3 Å². The molecule has 1 atom stereocenters. The monoisotopic (exact) mass is 474 g/mol. The number of ether oxygens (including phenoxy) is 2. The maximum Gasteiger partial charge on any atom is 0.261 e. The van der Waals surface area contributed by atoms with Crippen LogP contribution in [0.25, 0.3) is 10.8 Å². The summed E-state index contributed by atoms with van der Waals surface area (Å²) in [7, 11) is 0. The standard InChI is InChI=1S/C28H30N2O5/c1-4-34-23-15-14-20(17-24(23)35-5-2)18(3)29-25(31)13-8-16-30-27(32)21-11-6-9-19-10-7-12-22(26(19)21)28(30)33/h6-7,9-12,14-15,17-18H,4-5,8,13,16H2,1-3H3,(H,29,31)/t18-/m1/s1. The lowest BCUT2D eigenvalue weighted by molar-refractivity contribution is -0.121. The lowest BCUT2D eigenvalue weighted by atomic mass is 9.94. The maximum absolute atomic E-state index is 13.0. The molecule has 35 heavy (non-hydrogen) atoms. The van der Waals surface area contributed by atoms with Crippen LogP contribution in [0.3, 0.4) is 0 Å². The fourth-order valence-corrected chi connectivity index (χ4v) is 4.42. The van der Waals surface area contributed by atoms with E-state index in [9.17, 15) is 14.4 Å². The molecule has 0 saturated heterocycles. The summed E-state index contributed by atoms with van der Waals surface area (Å²) < 4.78 is 11.3. The SMILES string of the molecule is CCOc1ccc([C@@H](C)NC(=O)CCCN2C(=O)c3cccc4cccc(c34)C2=O)cc1OCC. The summed E-state index contributed by atoms with van der Waals surface area (Å²) in [6.45, 7) is 6.95. The Kier molecular flexibility index (Phi) is 7.34. The highest BCUT2D eigenvalue weighted by Crippen LogP contribution is 2.31. The van der Waals surface area contributed by atoms with Crippen LogP contribution in [0.4, 0.5) is 0 Å². The van der Waals surface area contributed by atoms with Gasteiger partial charge >= 0.3 is 0 Å². The van der Waals surface area contributed by atoms with Crippen molar-refractivity contribution < 1.29 is 23.9 Å². The van der Waals surface area contributed by atoms with Crippen molar-refractivity contribution in [3.63, 3.8) is 0 Å². The van der Waals surface area contributed by atoms with Crippen LogP contribution < -0.4 is 14.8 Å². The molecule has 0 unspecified atom stereocenters. The average molecular weight is 475 g/mol. The van der Waals surface area contributed by atoms with Crippen LogP contribution in [0, 0.1) is 0 Å². The van der Waals surface area contributed by atoms with Gasteiger partial charge in [-0.2, -0.15) is 0 Å². The molecule has 0 spiro atoms. The summed E-state index contributed by atoms with van der Waals surface area (Å²) in [6, 6.07) is 16.3. The predicted molar refractivity (Wildman–Crippen MR) is 134 cm³/mol. The zero-order chi connectivity index (χ0) is 24.9. The normalized spacial score (nSPS) is 13.6. The molecule has 7 heteroatoms. The van der Waals surface area contributed by atoms with Crippen molar-refractivity contribution in [2.24, 2.45) is 0 Å². The van der Waals surface area contributed by atoms with Crippen LogP contribution in [0.1, 0.15) is 65.9 Å². The molecule has 4 rings (SSSR count). The summed E-state index contributed by atoms with van der Waals surface area (Å²) >= 11 is 0. The number of carbonyl (C=O) groups is 3. The topological polar surface area (TPSA) is 84.9 Å². The van der Waals surface area contributed by atoms with Crippen molar-refractivity contribution >= 4 is 28.5 Å². The van der Waals surface area contributed by atoms with E-state index in [1.165, 1.54) is 4.90 Å². The van der Waals surface area contributed by atoms with Crippen LogP contribution in [-0.2, 0) is 4.79 Å². The number of hydrogen-bond acceptors (Lipinski definition) is 5. The summed E-state index contributed by atoms with van der Waals surface area (Å²) in [5.74, 6) is 0.538. The van der Waals surface area contributed by atoms with Crippen molar-refractivity contribution in [1.29, 1.82) is 0 Å². The van der Waals surface area contributed by atoms with Crippen molar-refractivity contribution in [2.75, 3.05) is 19.8 Å². The highest BCUT2D eigenvalue weighted by Gasteiger charge is 2.32. The van der Waals surface area contributed by atoms with Crippen LogP contribution in [0.5, 0.6) is 11.5 Å². The fourth-order valence-electron chi connectivity index (χ4n) is 4.42. The first kappa shape index (κ1) is 24.3. The second kappa shape index (κ2) is 10.6. The zero-order valence-corrected chi connectivity index (χ0v) is 20.3. The number of amides is 3. The van der Waals surface area contributed by atoms with E-state index in [0.29, 0.717) is 47.6 Å². The van der Waals surface area contributed by atoms with Gasteiger partial charge in [-0.25, -0.2) is 0 Å². The van der Waals surface area contributed by atoms with E-state index < -0.39 is 0 Å². The van der Waals surface area contributed by atoms with Crippen molar-refractivity contribution in [3.05, 3.63) is 71.3 Å². The molecule has 0 radical (unpaired) electrons. The minimum atomic E-state index is -0.314. The smallest absolute Gasteiger partial charge is 0.261 e. The molecular formula is C28H30N2O5. The number of imide groups is 1. The molecule has 1 N–H and O–H groups in total. The Bertz CT molecular complexity index is 1220. The Balaban J connectivity index is 1.36. The molecule has 1 aliphatic rings. The fraction of sp³-hybridized carbons (Fsp3) is 0.321. The molecule has 182 valence electrons. The number of hydrogen-bond donors (Lipinski definition) is 1. The first-order valence-corrected chi connectivity index (χ1v) is 12.0. The Hall–Kier alpha value is -3.87. The van der Waals surface area contributed by atoms with E-state index in [1.54, 1.807) is 12.1 Å². The Morgan fingerprint density at radius 1 is 0.914 bits per heavy atom. The zero-order valence-electron chi connectivity index (χ0n) is 20.3. The number of rotatable bonds is 10. The van der Waals surface area contributed by atoms with Crippen molar-refractivity contribution in [3.8, 4) is 11.5 Å². The summed E-state index contributed by atoms with van der Waals surface area (Å²) in [6.07, 6.45) is 0.574. The molecule has 3 aromatic rings. The third-order valence-corrected chi connectivity index (χ3v) is 6.09. The van der Waals surface area contributed by atoms with E-state index in [0.717, 1.165) is 10.9 Å². The van der Waals surface area contributed by atoms with E-state index in [1.807, 2.05) is 63.2 Å². The summed E-state index contributed by atoms with van der Waals surface area (Å²) in [4.78, 5) is 39.8. The molecule has 1 heterocycles. The van der Waals surface area contributed by atoms with Gasteiger partial charge in [-0.05, 0) is 62.4 Å². The molecule has 1 aliphatic heterocycles. The molecule has 3 amide bonds. The molecule has 0 bridgehead atoms. The van der Waals surface area contributed by atoms with Gasteiger partial charge in [0.25, 0.3) is 11.8 Å². The van der Waals surface area contributed by atoms with Gasteiger partial charge in [-0.3, -0.25) is 19.3 Å². The van der Waals surface area contributed by atoms with E-state index >= 15 is 0 Å². The number of nitrogens with zero attached hydrogens (tertiary/aromatic N) is 1. The third-order valence-electron chi connectivity index (χ3n) is 6.09. The Morgan fingerprint density at radius 3 is 2.17 bits per heavy atom. The third kappa shape index (κ3) is 4.99. The van der Waals surface area contributed by atoms with Crippen molar-refractivity contribution in [1.82, 2.24) is 10.2 Å². The Morgan fingerprint density at radius 2 is 1.54 bits per heavy atom. The van der Waals surface area contributed by atoms with Gasteiger partial charge in [0.15, 0.2) is 11.5 Å². The molecule has 0 fully saturated rings. The van der Waals surface area contributed by atoms with Gasteiger partial charge in [-0.15, -0.1) is 0 Å². The van der Waals surface area contributed by atoms with Gasteiger partial charge in [-0.1, -0.05) is 30.3 Å². The molecule has 0 aromatic heterocycles.